The molecular formula is C11H13NO. The number of hydrogen-bond donors (Lipinski definition) is 0. The second-order valence-electron chi connectivity index (χ2n) is 3.01. The molecule has 0 aliphatic carbocycles. The highest BCUT2D eigenvalue weighted by Gasteiger charge is 1.98. The zero-order chi connectivity index (χ0) is 9.68. The second-order valence-corrected chi connectivity index (χ2v) is 3.01. The Bertz CT molecular complexity index is 301. The van der Waals surface area contributed by atoms with Crippen LogP contribution in [0.25, 0.3) is 0 Å². The van der Waals surface area contributed by atoms with E-state index >= 15 is 0 Å². The van der Waals surface area contributed by atoms with Crippen LogP contribution in [0.3, 0.4) is 0 Å². The first kappa shape index (κ1) is 9.52. The fourth-order valence-corrected chi connectivity index (χ4v) is 0.915. The molecule has 0 amide bonds. The summed E-state index contributed by atoms with van der Waals surface area (Å²) >= 11 is 0. The fraction of sp³-hybridized carbons (Fsp3) is 0.182. The molecule has 1 aromatic carbocycles. The standard InChI is InChI=1S/C11H13NO/c1-12(2)9-8-11(13)10-6-4-3-5-7-10/h3-9H,1-2H3. The molecule has 0 aliphatic rings. The summed E-state index contributed by atoms with van der Waals surface area (Å²) in [6.07, 6.45) is 3.31. The van der Waals surface area contributed by atoms with Crippen molar-refractivity contribution < 1.29 is 4.79 Å². The molecule has 0 spiro atoms. The van der Waals surface area contributed by atoms with Crippen molar-refractivity contribution in [3.63, 3.8) is 0 Å². The normalized spacial score (nSPS) is 10.3. The molecule has 0 unspecified atom stereocenters. The summed E-state index contributed by atoms with van der Waals surface area (Å²) in [5, 5.41) is 0. The van der Waals surface area contributed by atoms with Crippen LogP contribution in [-0.2, 0) is 0 Å². The Kier molecular flexibility index (Phi) is 3.26. The van der Waals surface area contributed by atoms with E-state index in [1.54, 1.807) is 12.3 Å². The van der Waals surface area contributed by atoms with E-state index in [2.05, 4.69) is 0 Å². The van der Waals surface area contributed by atoms with Crippen LogP contribution in [0.15, 0.2) is 42.6 Å². The van der Waals surface area contributed by atoms with Crippen LogP contribution in [0.5, 0.6) is 0 Å². The average molecular weight is 175 g/mol. The van der Waals surface area contributed by atoms with Crippen molar-refractivity contribution in [2.45, 2.75) is 0 Å². The Morgan fingerprint density at radius 1 is 1.23 bits per heavy atom. The number of carbonyl (C=O) groups is 1. The Labute approximate surface area is 78.5 Å². The highest BCUT2D eigenvalue weighted by molar-refractivity contribution is 6.04. The minimum absolute atomic E-state index is 0.0364. The predicted octanol–water partition coefficient (Wildman–Crippen LogP) is 1.94. The van der Waals surface area contributed by atoms with Crippen molar-refractivity contribution in [3.8, 4) is 0 Å². The maximum absolute atomic E-state index is 11.4. The molecule has 0 bridgehead atoms. The van der Waals surface area contributed by atoms with Gasteiger partial charge in [-0.3, -0.25) is 4.79 Å². The molecule has 2 nitrogen and oxygen atoms in total. The lowest BCUT2D eigenvalue weighted by Gasteiger charge is -2.02. The average Bonchev–Trinajstić information content (AvgIpc) is 2.15. The summed E-state index contributed by atoms with van der Waals surface area (Å²) in [6, 6.07) is 9.23. The minimum atomic E-state index is 0.0364. The molecule has 2 heteroatoms. The van der Waals surface area contributed by atoms with Crippen molar-refractivity contribution in [3.05, 3.63) is 48.2 Å². The monoisotopic (exact) mass is 175 g/mol. The Morgan fingerprint density at radius 2 is 1.85 bits per heavy atom. The summed E-state index contributed by atoms with van der Waals surface area (Å²) in [6.45, 7) is 0. The molecule has 68 valence electrons. The van der Waals surface area contributed by atoms with Crippen molar-refractivity contribution in [2.75, 3.05) is 14.1 Å². The maximum atomic E-state index is 11.4. The summed E-state index contributed by atoms with van der Waals surface area (Å²) < 4.78 is 0. The zero-order valence-corrected chi connectivity index (χ0v) is 7.90. The van der Waals surface area contributed by atoms with Gasteiger partial charge >= 0.3 is 0 Å². The minimum Gasteiger partial charge on any atom is -0.383 e. The molecule has 0 saturated heterocycles. The summed E-state index contributed by atoms with van der Waals surface area (Å²) in [4.78, 5) is 13.3. The Hall–Kier alpha value is -1.57. The topological polar surface area (TPSA) is 20.3 Å². The number of nitrogens with zero attached hydrogens (tertiary/aromatic N) is 1. The van der Waals surface area contributed by atoms with Gasteiger partial charge in [-0.2, -0.15) is 0 Å². The van der Waals surface area contributed by atoms with Gasteiger partial charge in [-0.15, -0.1) is 0 Å². The first-order valence-electron chi connectivity index (χ1n) is 4.14. The Morgan fingerprint density at radius 3 is 2.38 bits per heavy atom. The third kappa shape index (κ3) is 3.11. The molecule has 0 atom stereocenters. The summed E-state index contributed by atoms with van der Waals surface area (Å²) in [7, 11) is 3.77. The van der Waals surface area contributed by atoms with Crippen molar-refractivity contribution in [1.29, 1.82) is 0 Å². The third-order valence-electron chi connectivity index (χ3n) is 1.58. The molecule has 0 aliphatic heterocycles. The molecule has 0 fully saturated rings. The molecular weight excluding hydrogens is 162 g/mol. The molecule has 0 radical (unpaired) electrons. The highest BCUT2D eigenvalue weighted by Crippen LogP contribution is 2.00. The van der Waals surface area contributed by atoms with Gasteiger partial charge in [0.15, 0.2) is 5.78 Å². The zero-order valence-electron chi connectivity index (χ0n) is 7.90. The molecule has 1 aromatic rings. The molecule has 0 N–H and O–H groups in total. The molecule has 0 heterocycles. The first-order valence-corrected chi connectivity index (χ1v) is 4.14. The second kappa shape index (κ2) is 4.45. The molecule has 0 aromatic heterocycles. The van der Waals surface area contributed by atoms with Crippen LogP contribution >= 0.6 is 0 Å². The van der Waals surface area contributed by atoms with Gasteiger partial charge in [0.05, 0.1) is 0 Å². The van der Waals surface area contributed by atoms with Crippen molar-refractivity contribution >= 4 is 5.78 Å². The maximum Gasteiger partial charge on any atom is 0.187 e. The lowest BCUT2D eigenvalue weighted by Crippen LogP contribution is -2.02. The molecule has 0 saturated carbocycles. The van der Waals surface area contributed by atoms with E-state index in [1.165, 1.54) is 0 Å². The lowest BCUT2D eigenvalue weighted by molar-refractivity contribution is 0.104. The first-order chi connectivity index (χ1) is 6.20. The van der Waals surface area contributed by atoms with Crippen LogP contribution in [0.2, 0.25) is 0 Å². The van der Waals surface area contributed by atoms with Crippen LogP contribution in [-0.4, -0.2) is 24.8 Å². The quantitative estimate of drug-likeness (QED) is 0.517. The van der Waals surface area contributed by atoms with Gasteiger partial charge in [0, 0.05) is 31.9 Å². The summed E-state index contributed by atoms with van der Waals surface area (Å²) in [5.74, 6) is 0.0364. The van der Waals surface area contributed by atoms with E-state index in [0.29, 0.717) is 0 Å². The Balaban J connectivity index is 2.70. The van der Waals surface area contributed by atoms with Gasteiger partial charge in [0.2, 0.25) is 0 Å². The van der Waals surface area contributed by atoms with Gasteiger partial charge in [-0.05, 0) is 0 Å². The summed E-state index contributed by atoms with van der Waals surface area (Å²) in [5.41, 5.74) is 0.723. The number of allylic oxidation sites excluding steroid dienone is 1. The number of rotatable bonds is 3. The van der Waals surface area contributed by atoms with Crippen LogP contribution in [0.4, 0.5) is 0 Å². The van der Waals surface area contributed by atoms with Crippen LogP contribution in [0, 0.1) is 0 Å². The largest absolute Gasteiger partial charge is 0.383 e. The van der Waals surface area contributed by atoms with Crippen LogP contribution in [0.1, 0.15) is 10.4 Å². The predicted molar refractivity (Wildman–Crippen MR) is 53.6 cm³/mol. The molecule has 13 heavy (non-hydrogen) atoms. The highest BCUT2D eigenvalue weighted by atomic mass is 16.1. The number of benzene rings is 1. The molecule has 1 rings (SSSR count). The number of ketones is 1. The number of carbonyl (C=O) groups excluding carboxylic acids is 1. The van der Waals surface area contributed by atoms with Gasteiger partial charge in [-0.1, -0.05) is 30.3 Å². The lowest BCUT2D eigenvalue weighted by atomic mass is 10.1. The van der Waals surface area contributed by atoms with Crippen molar-refractivity contribution in [2.24, 2.45) is 0 Å². The van der Waals surface area contributed by atoms with E-state index in [4.69, 9.17) is 0 Å². The van der Waals surface area contributed by atoms with Gasteiger partial charge in [0.25, 0.3) is 0 Å². The van der Waals surface area contributed by atoms with E-state index in [9.17, 15) is 4.79 Å². The van der Waals surface area contributed by atoms with Crippen LogP contribution < -0.4 is 0 Å². The van der Waals surface area contributed by atoms with E-state index in [0.717, 1.165) is 5.56 Å². The van der Waals surface area contributed by atoms with E-state index in [-0.39, 0.29) is 5.78 Å². The van der Waals surface area contributed by atoms with Gasteiger partial charge in [0.1, 0.15) is 0 Å². The van der Waals surface area contributed by atoms with Gasteiger partial charge < -0.3 is 4.90 Å². The third-order valence-corrected chi connectivity index (χ3v) is 1.58. The number of hydrogen-bond acceptors (Lipinski definition) is 2. The van der Waals surface area contributed by atoms with Crippen molar-refractivity contribution in [1.82, 2.24) is 4.90 Å². The smallest absolute Gasteiger partial charge is 0.187 e. The van der Waals surface area contributed by atoms with Gasteiger partial charge in [-0.25, -0.2) is 0 Å². The SMILES string of the molecule is CN(C)C=CC(=O)c1ccccc1. The van der Waals surface area contributed by atoms with E-state index in [1.807, 2.05) is 49.3 Å². The fourth-order valence-electron chi connectivity index (χ4n) is 0.915. The van der Waals surface area contributed by atoms with E-state index < -0.39 is 0 Å².